The van der Waals surface area contributed by atoms with Crippen molar-refractivity contribution in [2.45, 2.75) is 6.61 Å². The zero-order valence-corrected chi connectivity index (χ0v) is 11.3. The third-order valence-electron chi connectivity index (χ3n) is 2.50. The third kappa shape index (κ3) is 3.23. The van der Waals surface area contributed by atoms with Gasteiger partial charge in [-0.25, -0.2) is 0 Å². The van der Waals surface area contributed by atoms with Crippen LogP contribution in [0.1, 0.15) is 5.56 Å². The molecule has 98 valence electrons. The molecule has 1 N–H and O–H groups in total. The molecular formula is C13H10BrNO4. The molecule has 2 aromatic rings. The number of phenols is 1. The van der Waals surface area contributed by atoms with Gasteiger partial charge in [-0.05, 0) is 18.2 Å². The summed E-state index contributed by atoms with van der Waals surface area (Å²) in [4.78, 5) is 10.1. The third-order valence-corrected chi connectivity index (χ3v) is 3.23. The lowest BCUT2D eigenvalue weighted by Gasteiger charge is -2.09. The molecule has 0 aliphatic heterocycles. The summed E-state index contributed by atoms with van der Waals surface area (Å²) in [7, 11) is 0. The maximum atomic E-state index is 10.6. The van der Waals surface area contributed by atoms with E-state index in [0.717, 1.165) is 5.56 Å². The zero-order chi connectivity index (χ0) is 13.8. The molecule has 5 nitrogen and oxygen atoms in total. The molecule has 0 unspecified atom stereocenters. The first-order chi connectivity index (χ1) is 9.08. The molecule has 0 bridgehead atoms. The van der Waals surface area contributed by atoms with Gasteiger partial charge in [0.1, 0.15) is 6.61 Å². The van der Waals surface area contributed by atoms with E-state index < -0.39 is 4.92 Å². The topological polar surface area (TPSA) is 72.6 Å². The summed E-state index contributed by atoms with van der Waals surface area (Å²) in [5, 5.41) is 20.2. The summed E-state index contributed by atoms with van der Waals surface area (Å²) in [6.07, 6.45) is 0. The van der Waals surface area contributed by atoms with Gasteiger partial charge in [0.25, 0.3) is 5.69 Å². The number of hydrogen-bond donors (Lipinski definition) is 1. The molecule has 2 aromatic carbocycles. The number of para-hydroxylation sites is 2. The summed E-state index contributed by atoms with van der Waals surface area (Å²) >= 11 is 3.26. The largest absolute Gasteiger partial charge is 0.504 e. The van der Waals surface area contributed by atoms with E-state index in [4.69, 9.17) is 4.74 Å². The number of nitro benzene ring substituents is 1. The summed E-state index contributed by atoms with van der Waals surface area (Å²) < 4.78 is 6.05. The van der Waals surface area contributed by atoms with Crippen LogP contribution in [0.25, 0.3) is 0 Å². The van der Waals surface area contributed by atoms with Crippen molar-refractivity contribution < 1.29 is 14.8 Å². The average molecular weight is 324 g/mol. The van der Waals surface area contributed by atoms with E-state index in [1.54, 1.807) is 24.3 Å². The fourth-order valence-corrected chi connectivity index (χ4v) is 1.98. The fraction of sp³-hybridized carbons (Fsp3) is 0.0769. The first-order valence-electron chi connectivity index (χ1n) is 5.41. The highest BCUT2D eigenvalue weighted by Crippen LogP contribution is 2.28. The van der Waals surface area contributed by atoms with Crippen molar-refractivity contribution in [3.63, 3.8) is 0 Å². The standard InChI is InChI=1S/C13H10BrNO4/c14-11-7-10(15(17)18)6-5-9(11)8-19-13-4-2-1-3-12(13)16/h1-7,16H,8H2. The highest BCUT2D eigenvalue weighted by atomic mass is 79.9. The van der Waals surface area contributed by atoms with Crippen LogP contribution >= 0.6 is 15.9 Å². The molecule has 2 rings (SSSR count). The van der Waals surface area contributed by atoms with E-state index in [1.807, 2.05) is 0 Å². The predicted octanol–water partition coefficient (Wildman–Crippen LogP) is 3.64. The smallest absolute Gasteiger partial charge is 0.270 e. The van der Waals surface area contributed by atoms with Gasteiger partial charge in [0, 0.05) is 22.2 Å². The van der Waals surface area contributed by atoms with Crippen LogP contribution in [0.5, 0.6) is 11.5 Å². The van der Waals surface area contributed by atoms with E-state index in [2.05, 4.69) is 15.9 Å². The van der Waals surface area contributed by atoms with E-state index in [0.29, 0.717) is 10.2 Å². The van der Waals surface area contributed by atoms with Crippen LogP contribution in [0.2, 0.25) is 0 Å². The number of halogens is 1. The van der Waals surface area contributed by atoms with Gasteiger partial charge < -0.3 is 9.84 Å². The van der Waals surface area contributed by atoms with Gasteiger partial charge in [-0.2, -0.15) is 0 Å². The maximum absolute atomic E-state index is 10.6. The fourth-order valence-electron chi connectivity index (χ4n) is 1.50. The quantitative estimate of drug-likeness (QED) is 0.688. The van der Waals surface area contributed by atoms with E-state index in [-0.39, 0.29) is 18.0 Å². The second kappa shape index (κ2) is 5.71. The molecule has 0 aromatic heterocycles. The van der Waals surface area contributed by atoms with Crippen molar-refractivity contribution in [2.24, 2.45) is 0 Å². The number of ether oxygens (including phenoxy) is 1. The Hall–Kier alpha value is -2.08. The second-order valence-corrected chi connectivity index (χ2v) is 4.64. The molecule has 0 atom stereocenters. The summed E-state index contributed by atoms with van der Waals surface area (Å²) in [6.45, 7) is 0.205. The van der Waals surface area contributed by atoms with E-state index in [9.17, 15) is 15.2 Å². The Bertz CT molecular complexity index is 615. The van der Waals surface area contributed by atoms with Gasteiger partial charge in [0.15, 0.2) is 11.5 Å². The Labute approximate surface area is 117 Å². The van der Waals surface area contributed by atoms with Gasteiger partial charge in [-0.3, -0.25) is 10.1 Å². The van der Waals surface area contributed by atoms with Crippen molar-refractivity contribution in [2.75, 3.05) is 0 Å². The maximum Gasteiger partial charge on any atom is 0.270 e. The minimum absolute atomic E-state index is 0.0122. The molecule has 6 heteroatoms. The Balaban J connectivity index is 2.12. The number of hydrogen-bond acceptors (Lipinski definition) is 4. The first kappa shape index (κ1) is 13.4. The molecule has 0 saturated carbocycles. The lowest BCUT2D eigenvalue weighted by Crippen LogP contribution is -1.97. The van der Waals surface area contributed by atoms with Crippen LogP contribution in [0.15, 0.2) is 46.9 Å². The van der Waals surface area contributed by atoms with Crippen molar-refractivity contribution in [3.05, 3.63) is 62.6 Å². The summed E-state index contributed by atoms with van der Waals surface area (Å²) in [5.74, 6) is 0.424. The van der Waals surface area contributed by atoms with E-state index >= 15 is 0 Å². The SMILES string of the molecule is O=[N+]([O-])c1ccc(COc2ccccc2O)c(Br)c1. The van der Waals surface area contributed by atoms with Crippen LogP contribution in [-0.4, -0.2) is 10.0 Å². The molecule has 0 fully saturated rings. The normalized spacial score (nSPS) is 10.2. The highest BCUT2D eigenvalue weighted by molar-refractivity contribution is 9.10. The number of rotatable bonds is 4. The number of non-ortho nitro benzene ring substituents is 1. The van der Waals surface area contributed by atoms with E-state index in [1.165, 1.54) is 18.2 Å². The molecule has 0 aliphatic rings. The first-order valence-corrected chi connectivity index (χ1v) is 6.21. The minimum Gasteiger partial charge on any atom is -0.504 e. The molecule has 19 heavy (non-hydrogen) atoms. The number of benzene rings is 2. The van der Waals surface area contributed by atoms with Crippen LogP contribution in [0, 0.1) is 10.1 Å². The van der Waals surface area contributed by atoms with Crippen LogP contribution < -0.4 is 4.74 Å². The van der Waals surface area contributed by atoms with Gasteiger partial charge in [0.2, 0.25) is 0 Å². The number of aromatic hydroxyl groups is 1. The van der Waals surface area contributed by atoms with Gasteiger partial charge >= 0.3 is 0 Å². The summed E-state index contributed by atoms with van der Waals surface area (Å²) in [6, 6.07) is 11.1. The number of nitro groups is 1. The van der Waals surface area contributed by atoms with Crippen molar-refractivity contribution in [1.82, 2.24) is 0 Å². The molecule has 0 heterocycles. The van der Waals surface area contributed by atoms with Crippen molar-refractivity contribution in [3.8, 4) is 11.5 Å². The molecule has 0 spiro atoms. The predicted molar refractivity (Wildman–Crippen MR) is 73.2 cm³/mol. The second-order valence-electron chi connectivity index (χ2n) is 3.79. The van der Waals surface area contributed by atoms with Gasteiger partial charge in [-0.15, -0.1) is 0 Å². The van der Waals surface area contributed by atoms with Crippen molar-refractivity contribution in [1.29, 1.82) is 0 Å². The zero-order valence-electron chi connectivity index (χ0n) is 9.75. The molecule has 0 saturated heterocycles. The van der Waals surface area contributed by atoms with Gasteiger partial charge in [0.05, 0.1) is 4.92 Å². The van der Waals surface area contributed by atoms with Crippen LogP contribution in [0.3, 0.4) is 0 Å². The minimum atomic E-state index is -0.460. The average Bonchev–Trinajstić information content (AvgIpc) is 2.39. The summed E-state index contributed by atoms with van der Waals surface area (Å²) in [5.41, 5.74) is 0.770. The molecular weight excluding hydrogens is 314 g/mol. The monoisotopic (exact) mass is 323 g/mol. The Morgan fingerprint density at radius 1 is 1.26 bits per heavy atom. The van der Waals surface area contributed by atoms with Crippen LogP contribution in [-0.2, 0) is 6.61 Å². The molecule has 0 amide bonds. The number of phenolic OH excluding ortho intramolecular Hbond substituents is 1. The molecule has 0 radical (unpaired) electrons. The van der Waals surface area contributed by atoms with Crippen LogP contribution in [0.4, 0.5) is 5.69 Å². The van der Waals surface area contributed by atoms with Crippen molar-refractivity contribution >= 4 is 21.6 Å². The molecule has 0 aliphatic carbocycles. The number of nitrogens with zero attached hydrogens (tertiary/aromatic N) is 1. The Kier molecular flexibility index (Phi) is 4.01. The van der Waals surface area contributed by atoms with Gasteiger partial charge in [-0.1, -0.05) is 28.1 Å². The Morgan fingerprint density at radius 2 is 2.00 bits per heavy atom. The lowest BCUT2D eigenvalue weighted by molar-refractivity contribution is -0.384. The highest BCUT2D eigenvalue weighted by Gasteiger charge is 2.10. The lowest BCUT2D eigenvalue weighted by atomic mass is 10.2. The Morgan fingerprint density at radius 3 is 2.63 bits per heavy atom.